The highest BCUT2D eigenvalue weighted by Crippen LogP contribution is 2.37. The van der Waals surface area contributed by atoms with Crippen molar-refractivity contribution in [2.45, 2.75) is 146 Å². The highest BCUT2D eigenvalue weighted by Gasteiger charge is 2.23. The van der Waals surface area contributed by atoms with Crippen molar-refractivity contribution < 1.29 is 0 Å². The van der Waals surface area contributed by atoms with E-state index in [2.05, 4.69) is 98.0 Å². The molecule has 37 heavy (non-hydrogen) atoms. The lowest BCUT2D eigenvalue weighted by Gasteiger charge is -2.16. The number of hydrogen-bond acceptors (Lipinski definition) is 6. The molecule has 0 spiro atoms. The number of aromatic nitrogens is 3. The van der Waals surface area contributed by atoms with E-state index in [0.29, 0.717) is 0 Å². The number of nitrogens with zero attached hydrogens (tertiary/aromatic N) is 3. The largest absolute Gasteiger partial charge is 0.249 e. The average Bonchev–Trinajstić information content (AvgIpc) is 3.57. The SMILES string of the molecule is CC.CC.CC.CC(C)(C)c1cnc(-c2ncc(C(C)(C)C)s2)s1.CC(C)(C)c1cnc(C(C)(C)C)s1. The molecule has 0 radical (unpaired) electrons. The molecule has 0 aliphatic carbocycles. The number of rotatable bonds is 1. The molecular formula is C31H57N3S3. The third kappa shape index (κ3) is 13.0. The summed E-state index contributed by atoms with van der Waals surface area (Å²) in [4.78, 5) is 17.5. The van der Waals surface area contributed by atoms with E-state index in [-0.39, 0.29) is 21.7 Å². The lowest BCUT2D eigenvalue weighted by atomic mass is 9.95. The van der Waals surface area contributed by atoms with Crippen LogP contribution in [0.5, 0.6) is 0 Å². The molecule has 6 heteroatoms. The van der Waals surface area contributed by atoms with Gasteiger partial charge in [0.1, 0.15) is 0 Å². The minimum Gasteiger partial charge on any atom is -0.249 e. The zero-order valence-corrected chi connectivity index (χ0v) is 29.7. The minimum absolute atomic E-state index is 0.167. The van der Waals surface area contributed by atoms with E-state index in [4.69, 9.17) is 0 Å². The molecule has 3 heterocycles. The number of hydrogen-bond donors (Lipinski definition) is 0. The van der Waals surface area contributed by atoms with E-state index >= 15 is 0 Å². The highest BCUT2D eigenvalue weighted by molar-refractivity contribution is 7.21. The van der Waals surface area contributed by atoms with Crippen LogP contribution in [0.4, 0.5) is 0 Å². The summed E-state index contributed by atoms with van der Waals surface area (Å²) >= 11 is 5.34. The Labute approximate surface area is 242 Å². The van der Waals surface area contributed by atoms with E-state index in [1.54, 1.807) is 22.7 Å². The zero-order valence-electron chi connectivity index (χ0n) is 27.3. The summed E-state index contributed by atoms with van der Waals surface area (Å²) < 4.78 is 0. The third-order valence-corrected chi connectivity index (χ3v) is 9.40. The van der Waals surface area contributed by atoms with Gasteiger partial charge in [0.05, 0.1) is 5.01 Å². The van der Waals surface area contributed by atoms with Gasteiger partial charge in [-0.2, -0.15) is 0 Å². The lowest BCUT2D eigenvalue weighted by Crippen LogP contribution is -2.10. The van der Waals surface area contributed by atoms with Crippen LogP contribution in [0, 0.1) is 0 Å². The van der Waals surface area contributed by atoms with Crippen molar-refractivity contribution >= 4 is 34.0 Å². The van der Waals surface area contributed by atoms with Crippen LogP contribution in [0.2, 0.25) is 0 Å². The fourth-order valence-corrected chi connectivity index (χ4v) is 5.42. The summed E-state index contributed by atoms with van der Waals surface area (Å²) in [5.41, 5.74) is 0.759. The highest BCUT2D eigenvalue weighted by atomic mass is 32.1. The van der Waals surface area contributed by atoms with E-state index in [1.165, 1.54) is 19.6 Å². The van der Waals surface area contributed by atoms with Crippen molar-refractivity contribution in [2.24, 2.45) is 0 Å². The molecule has 3 aromatic rings. The molecule has 0 aliphatic heterocycles. The molecule has 0 unspecified atom stereocenters. The Balaban J connectivity index is 0. The van der Waals surface area contributed by atoms with E-state index < -0.39 is 0 Å². The van der Waals surface area contributed by atoms with Gasteiger partial charge in [0.25, 0.3) is 0 Å². The van der Waals surface area contributed by atoms with Gasteiger partial charge in [-0.05, 0) is 16.2 Å². The molecule has 0 bridgehead atoms. The second-order valence-corrected chi connectivity index (χ2v) is 15.2. The fraction of sp³-hybridized carbons (Fsp3) is 0.710. The molecule has 0 saturated carbocycles. The first-order valence-electron chi connectivity index (χ1n) is 13.8. The van der Waals surface area contributed by atoms with Crippen LogP contribution in [-0.4, -0.2) is 15.0 Å². The Hall–Kier alpha value is -1.11. The fourth-order valence-electron chi connectivity index (χ4n) is 2.41. The average molecular weight is 568 g/mol. The lowest BCUT2D eigenvalue weighted by molar-refractivity contribution is 0.585. The molecule has 3 nitrogen and oxygen atoms in total. The van der Waals surface area contributed by atoms with Crippen LogP contribution in [0.1, 0.15) is 144 Å². The van der Waals surface area contributed by atoms with Gasteiger partial charge in [-0.15, -0.1) is 34.0 Å². The predicted molar refractivity (Wildman–Crippen MR) is 174 cm³/mol. The van der Waals surface area contributed by atoms with E-state index in [9.17, 15) is 0 Å². The Bertz CT molecular complexity index is 904. The molecule has 0 saturated heterocycles. The van der Waals surface area contributed by atoms with Gasteiger partial charge in [0.15, 0.2) is 10.0 Å². The van der Waals surface area contributed by atoms with Gasteiger partial charge in [-0.3, -0.25) is 0 Å². The molecule has 0 aromatic carbocycles. The van der Waals surface area contributed by atoms with Crippen molar-refractivity contribution in [1.29, 1.82) is 0 Å². The summed E-state index contributed by atoms with van der Waals surface area (Å²) in [5.74, 6) is 0. The van der Waals surface area contributed by atoms with Gasteiger partial charge < -0.3 is 0 Å². The van der Waals surface area contributed by atoms with Gasteiger partial charge >= 0.3 is 0 Å². The van der Waals surface area contributed by atoms with Crippen molar-refractivity contribution in [3.63, 3.8) is 0 Å². The van der Waals surface area contributed by atoms with Gasteiger partial charge in [0.2, 0.25) is 0 Å². The zero-order chi connectivity index (χ0) is 29.8. The summed E-state index contributed by atoms with van der Waals surface area (Å²) in [6.45, 7) is 38.6. The maximum Gasteiger partial charge on any atom is 0.152 e. The molecule has 3 aromatic heterocycles. The first-order chi connectivity index (χ1) is 16.9. The van der Waals surface area contributed by atoms with Gasteiger partial charge in [-0.25, -0.2) is 15.0 Å². The standard InChI is InChI=1S/C14H20N2S2.C11H19NS.3C2H6/c1-13(2,3)9-7-15-11(17-9)12-16-8-10(18-12)14(4,5)6;1-10(2,3)8-7-12-9(13-8)11(4,5)6;3*1-2/h7-8H,1-6H3;7H,1-6H3;3*1-2H3. The molecular weight excluding hydrogens is 511 g/mol. The first kappa shape index (κ1) is 38.0. The monoisotopic (exact) mass is 567 g/mol. The van der Waals surface area contributed by atoms with Crippen molar-refractivity contribution in [3.05, 3.63) is 38.2 Å². The second-order valence-electron chi connectivity index (χ2n) is 12.1. The van der Waals surface area contributed by atoms with E-state index in [1.807, 2.05) is 71.5 Å². The quantitative estimate of drug-likeness (QED) is 0.293. The Morgan fingerprint density at radius 1 is 0.405 bits per heavy atom. The van der Waals surface area contributed by atoms with Crippen molar-refractivity contribution in [1.82, 2.24) is 15.0 Å². The van der Waals surface area contributed by atoms with Crippen LogP contribution < -0.4 is 0 Å². The first-order valence-corrected chi connectivity index (χ1v) is 16.2. The smallest absolute Gasteiger partial charge is 0.152 e. The van der Waals surface area contributed by atoms with Crippen LogP contribution in [0.25, 0.3) is 10.0 Å². The molecule has 0 fully saturated rings. The van der Waals surface area contributed by atoms with Crippen LogP contribution in [0.3, 0.4) is 0 Å². The molecule has 3 rings (SSSR count). The summed E-state index contributed by atoms with van der Waals surface area (Å²) in [7, 11) is 0. The summed E-state index contributed by atoms with van der Waals surface area (Å²) in [6, 6.07) is 0. The molecule has 0 amide bonds. The van der Waals surface area contributed by atoms with Gasteiger partial charge in [0, 0.05) is 38.6 Å². The molecule has 0 atom stereocenters. The minimum atomic E-state index is 0.167. The normalized spacial score (nSPS) is 11.5. The van der Waals surface area contributed by atoms with E-state index in [0.717, 1.165) is 10.0 Å². The molecule has 0 N–H and O–H groups in total. The maximum absolute atomic E-state index is 4.51. The second kappa shape index (κ2) is 16.1. The van der Waals surface area contributed by atoms with Crippen molar-refractivity contribution in [3.8, 4) is 10.0 Å². The third-order valence-electron chi connectivity index (χ3n) is 4.56. The van der Waals surface area contributed by atoms with Crippen LogP contribution in [0.15, 0.2) is 18.6 Å². The van der Waals surface area contributed by atoms with Crippen LogP contribution >= 0.6 is 34.0 Å². The molecule has 0 aliphatic rings. The topological polar surface area (TPSA) is 38.7 Å². The Morgan fingerprint density at radius 3 is 0.865 bits per heavy atom. The Morgan fingerprint density at radius 2 is 0.676 bits per heavy atom. The maximum atomic E-state index is 4.51. The number of thiazole rings is 3. The molecule has 214 valence electrons. The Kier molecular flexibility index (Phi) is 16.6. The van der Waals surface area contributed by atoms with Crippen molar-refractivity contribution in [2.75, 3.05) is 0 Å². The predicted octanol–water partition coefficient (Wildman–Crippen LogP) is 11.7. The summed E-state index contributed by atoms with van der Waals surface area (Å²) in [6.07, 6.45) is 5.99. The van der Waals surface area contributed by atoms with Gasteiger partial charge in [-0.1, -0.05) is 125 Å². The van der Waals surface area contributed by atoms with Crippen LogP contribution in [-0.2, 0) is 21.7 Å². The summed E-state index contributed by atoms with van der Waals surface area (Å²) in [5, 5.41) is 3.32.